The van der Waals surface area contributed by atoms with Crippen molar-refractivity contribution in [3.05, 3.63) is 63.7 Å². The molecule has 0 bridgehead atoms. The highest BCUT2D eigenvalue weighted by Gasteiger charge is 2.25. The summed E-state index contributed by atoms with van der Waals surface area (Å²) in [6, 6.07) is 12.3. The van der Waals surface area contributed by atoms with Crippen LogP contribution in [-0.2, 0) is 19.4 Å². The Morgan fingerprint density at radius 2 is 2.15 bits per heavy atom. The Kier molecular flexibility index (Phi) is 4.77. The summed E-state index contributed by atoms with van der Waals surface area (Å²) in [5.41, 5.74) is 6.13. The van der Waals surface area contributed by atoms with Crippen molar-refractivity contribution in [2.75, 3.05) is 18.5 Å². The van der Waals surface area contributed by atoms with Gasteiger partial charge in [-0.25, -0.2) is 4.79 Å². The number of amides is 2. The number of fused-ring (bicyclic) bond motifs is 2. The van der Waals surface area contributed by atoms with Gasteiger partial charge in [-0.1, -0.05) is 35.9 Å². The molecule has 2 aliphatic rings. The van der Waals surface area contributed by atoms with E-state index in [0.717, 1.165) is 42.0 Å². The van der Waals surface area contributed by atoms with E-state index in [4.69, 9.17) is 11.6 Å². The number of hydrogen-bond donors (Lipinski definition) is 2. The zero-order valence-corrected chi connectivity index (χ0v) is 15.8. The summed E-state index contributed by atoms with van der Waals surface area (Å²) in [7, 11) is 2.13. The first kappa shape index (κ1) is 17.2. The number of carbonyl (C=O) groups is 1. The lowest BCUT2D eigenvalue weighted by molar-refractivity contribution is 0.236. The van der Waals surface area contributed by atoms with Crippen LogP contribution in [0.15, 0.2) is 36.4 Å². The molecule has 4 nitrogen and oxygen atoms in total. The van der Waals surface area contributed by atoms with Crippen molar-refractivity contribution in [1.82, 2.24) is 10.6 Å². The second-order valence-electron chi connectivity index (χ2n) is 7.21. The number of halogens is 1. The fourth-order valence-corrected chi connectivity index (χ4v) is 4.38. The number of benzene rings is 2. The molecule has 1 aliphatic heterocycles. The Bertz CT molecular complexity index is 836. The topological polar surface area (TPSA) is 44.4 Å². The number of nitrogens with zero attached hydrogens (tertiary/aromatic N) is 1. The van der Waals surface area contributed by atoms with Crippen LogP contribution >= 0.6 is 11.6 Å². The number of hydrogen-bond acceptors (Lipinski definition) is 2. The first-order valence-electron chi connectivity index (χ1n) is 9.26. The van der Waals surface area contributed by atoms with Gasteiger partial charge in [-0.05, 0) is 60.1 Å². The molecule has 0 spiro atoms. The van der Waals surface area contributed by atoms with Crippen LogP contribution in [-0.4, -0.2) is 19.6 Å². The number of carbonyl (C=O) groups excluding carboxylic acids is 1. The maximum atomic E-state index is 12.3. The molecule has 0 fully saturated rings. The Morgan fingerprint density at radius 1 is 1.27 bits per heavy atom. The van der Waals surface area contributed by atoms with Gasteiger partial charge in [0.1, 0.15) is 0 Å². The van der Waals surface area contributed by atoms with Crippen molar-refractivity contribution >= 4 is 23.3 Å². The SMILES string of the molecule is CN1CCCc2cc(CNC(=O)N[C@H]3CCc4c(Cl)cccc43)ccc21. The third-order valence-electron chi connectivity index (χ3n) is 5.47. The van der Waals surface area contributed by atoms with Crippen molar-refractivity contribution in [2.45, 2.75) is 38.3 Å². The molecule has 2 amide bonds. The quantitative estimate of drug-likeness (QED) is 0.851. The molecule has 26 heavy (non-hydrogen) atoms. The van der Waals surface area contributed by atoms with Crippen molar-refractivity contribution in [3.63, 3.8) is 0 Å². The van der Waals surface area contributed by atoms with Crippen LogP contribution in [0.4, 0.5) is 10.5 Å². The van der Waals surface area contributed by atoms with Crippen molar-refractivity contribution < 1.29 is 4.79 Å². The summed E-state index contributed by atoms with van der Waals surface area (Å²) >= 11 is 6.25. The molecule has 1 heterocycles. The highest BCUT2D eigenvalue weighted by molar-refractivity contribution is 6.31. The van der Waals surface area contributed by atoms with E-state index >= 15 is 0 Å². The zero-order valence-electron chi connectivity index (χ0n) is 15.0. The fraction of sp³-hybridized carbons (Fsp3) is 0.381. The highest BCUT2D eigenvalue weighted by Crippen LogP contribution is 2.35. The number of aryl methyl sites for hydroxylation is 1. The van der Waals surface area contributed by atoms with Crippen molar-refractivity contribution in [3.8, 4) is 0 Å². The lowest BCUT2D eigenvalue weighted by Crippen LogP contribution is -2.37. The molecule has 0 unspecified atom stereocenters. The van der Waals surface area contributed by atoms with Gasteiger partial charge in [0.15, 0.2) is 0 Å². The van der Waals surface area contributed by atoms with Crippen LogP contribution in [0.2, 0.25) is 5.02 Å². The summed E-state index contributed by atoms with van der Waals surface area (Å²) < 4.78 is 0. The summed E-state index contributed by atoms with van der Waals surface area (Å²) in [5.74, 6) is 0. The molecule has 0 saturated heterocycles. The monoisotopic (exact) mass is 369 g/mol. The van der Waals surface area contributed by atoms with Gasteiger partial charge in [0.25, 0.3) is 0 Å². The molecule has 1 atom stereocenters. The Hall–Kier alpha value is -2.20. The molecule has 0 aromatic heterocycles. The van der Waals surface area contributed by atoms with Gasteiger partial charge in [0.2, 0.25) is 0 Å². The lowest BCUT2D eigenvalue weighted by Gasteiger charge is -2.27. The van der Waals surface area contributed by atoms with Gasteiger partial charge in [-0.3, -0.25) is 0 Å². The first-order chi connectivity index (χ1) is 12.6. The predicted octanol–water partition coefficient (Wildman–Crippen LogP) is 4.21. The van der Waals surface area contributed by atoms with Crippen LogP contribution in [0, 0.1) is 0 Å². The standard InChI is InChI=1S/C21H24ClN3O/c1-25-11-3-4-15-12-14(7-10-20(15)25)13-23-21(26)24-19-9-8-16-17(19)5-2-6-18(16)22/h2,5-7,10,12,19H,3-4,8-9,11,13H2,1H3,(H2,23,24,26)/t19-/m0/s1. The van der Waals surface area contributed by atoms with E-state index in [1.165, 1.54) is 23.2 Å². The van der Waals surface area contributed by atoms with Crippen LogP contribution in [0.25, 0.3) is 0 Å². The van der Waals surface area contributed by atoms with E-state index in [0.29, 0.717) is 6.54 Å². The van der Waals surface area contributed by atoms with E-state index in [2.05, 4.69) is 46.8 Å². The average molecular weight is 370 g/mol. The Labute approximate surface area is 159 Å². The molecule has 1 aliphatic carbocycles. The van der Waals surface area contributed by atoms with E-state index in [1.807, 2.05) is 12.1 Å². The molecule has 5 heteroatoms. The van der Waals surface area contributed by atoms with Crippen LogP contribution in [0.3, 0.4) is 0 Å². The molecular weight excluding hydrogens is 346 g/mol. The number of rotatable bonds is 3. The highest BCUT2D eigenvalue weighted by atomic mass is 35.5. The molecule has 0 saturated carbocycles. The number of urea groups is 1. The summed E-state index contributed by atoms with van der Waals surface area (Å²) in [6.07, 6.45) is 4.11. The van der Waals surface area contributed by atoms with Crippen LogP contribution in [0.1, 0.15) is 41.1 Å². The van der Waals surface area contributed by atoms with Gasteiger partial charge >= 0.3 is 6.03 Å². The minimum Gasteiger partial charge on any atom is -0.374 e. The minimum absolute atomic E-state index is 0.0425. The van der Waals surface area contributed by atoms with Gasteiger partial charge < -0.3 is 15.5 Å². The molecule has 136 valence electrons. The second-order valence-corrected chi connectivity index (χ2v) is 7.62. The van der Waals surface area contributed by atoms with E-state index in [-0.39, 0.29) is 12.1 Å². The molecule has 2 N–H and O–H groups in total. The lowest BCUT2D eigenvalue weighted by atomic mass is 9.99. The smallest absolute Gasteiger partial charge is 0.315 e. The summed E-state index contributed by atoms with van der Waals surface area (Å²) in [4.78, 5) is 14.6. The molecule has 2 aromatic carbocycles. The average Bonchev–Trinajstić information content (AvgIpc) is 3.04. The van der Waals surface area contributed by atoms with Gasteiger partial charge in [0, 0.05) is 30.8 Å². The molecular formula is C21H24ClN3O. The molecule has 4 rings (SSSR count). The van der Waals surface area contributed by atoms with Crippen molar-refractivity contribution in [1.29, 1.82) is 0 Å². The van der Waals surface area contributed by atoms with E-state index in [9.17, 15) is 4.79 Å². The predicted molar refractivity (Wildman–Crippen MR) is 106 cm³/mol. The minimum atomic E-state index is -0.127. The first-order valence-corrected chi connectivity index (χ1v) is 9.64. The third-order valence-corrected chi connectivity index (χ3v) is 5.82. The van der Waals surface area contributed by atoms with Gasteiger partial charge in [-0.15, -0.1) is 0 Å². The maximum absolute atomic E-state index is 12.3. The van der Waals surface area contributed by atoms with Crippen molar-refractivity contribution in [2.24, 2.45) is 0 Å². The summed E-state index contributed by atoms with van der Waals surface area (Å²) in [5, 5.41) is 6.88. The summed E-state index contributed by atoms with van der Waals surface area (Å²) in [6.45, 7) is 1.65. The zero-order chi connectivity index (χ0) is 18.1. The Morgan fingerprint density at radius 3 is 3.04 bits per heavy atom. The van der Waals surface area contributed by atoms with Gasteiger partial charge in [-0.2, -0.15) is 0 Å². The van der Waals surface area contributed by atoms with Crippen LogP contribution < -0.4 is 15.5 Å². The number of nitrogens with one attached hydrogen (secondary N) is 2. The van der Waals surface area contributed by atoms with Crippen LogP contribution in [0.5, 0.6) is 0 Å². The molecule has 0 radical (unpaired) electrons. The molecule has 2 aromatic rings. The largest absolute Gasteiger partial charge is 0.374 e. The van der Waals surface area contributed by atoms with E-state index in [1.54, 1.807) is 0 Å². The van der Waals surface area contributed by atoms with Gasteiger partial charge in [0.05, 0.1) is 6.04 Å². The maximum Gasteiger partial charge on any atom is 0.315 e. The van der Waals surface area contributed by atoms with E-state index < -0.39 is 0 Å². The normalized spacial score (nSPS) is 18.2. The fourth-order valence-electron chi connectivity index (χ4n) is 4.10. The number of anilines is 1. The Balaban J connectivity index is 1.36. The third kappa shape index (κ3) is 3.38. The second kappa shape index (κ2) is 7.20.